The van der Waals surface area contributed by atoms with Gasteiger partial charge in [-0.3, -0.25) is 0 Å². The highest BCUT2D eigenvalue weighted by atomic mass is 32.2. The highest BCUT2D eigenvalue weighted by Crippen LogP contribution is 2.33. The van der Waals surface area contributed by atoms with Gasteiger partial charge in [0.2, 0.25) is 0 Å². The summed E-state index contributed by atoms with van der Waals surface area (Å²) in [6, 6.07) is 17.6. The van der Waals surface area contributed by atoms with Gasteiger partial charge in [-0.25, -0.2) is 8.42 Å². The van der Waals surface area contributed by atoms with Crippen molar-refractivity contribution < 1.29 is 30.8 Å². The van der Waals surface area contributed by atoms with Gasteiger partial charge in [0.05, 0.1) is 10.1 Å². The Kier molecular flexibility index (Phi) is 8.03. The summed E-state index contributed by atoms with van der Waals surface area (Å²) in [5.41, 5.74) is 0.690. The minimum atomic E-state index is -6.09. The molecule has 2 aromatic carbocycles. The molecule has 0 aliphatic heterocycles. The van der Waals surface area contributed by atoms with E-state index in [0.29, 0.717) is 0 Å². The number of hydrogen-bond acceptors (Lipinski definition) is 5. The third-order valence-corrected chi connectivity index (χ3v) is 6.96. The van der Waals surface area contributed by atoms with Gasteiger partial charge in [0, 0.05) is 17.1 Å². The first-order valence-corrected chi connectivity index (χ1v) is 15.5. The fourth-order valence-corrected chi connectivity index (χ4v) is 4.84. The van der Waals surface area contributed by atoms with Crippen molar-refractivity contribution in [3.8, 4) is 21.7 Å². The van der Waals surface area contributed by atoms with Crippen molar-refractivity contribution in [3.63, 3.8) is 0 Å². The molecule has 11 heteroatoms. The van der Waals surface area contributed by atoms with E-state index in [0.717, 1.165) is 6.17 Å². The van der Waals surface area contributed by atoms with E-state index in [2.05, 4.69) is 86.7 Å². The average molecular weight is 503 g/mol. The monoisotopic (exact) mass is 502 g/mol. The van der Waals surface area contributed by atoms with Gasteiger partial charge in [-0.2, -0.15) is 13.2 Å². The van der Waals surface area contributed by atoms with Gasteiger partial charge in [-0.1, -0.05) is 71.8 Å². The zero-order valence-corrected chi connectivity index (χ0v) is 21.0. The zero-order chi connectivity index (χ0) is 24.3. The van der Waals surface area contributed by atoms with E-state index < -0.39 is 23.7 Å². The van der Waals surface area contributed by atoms with Crippen LogP contribution in [-0.2, 0) is 16.3 Å². The molecule has 1 aromatic heterocycles. The number of rotatable bonds is 4. The number of benzene rings is 2. The topological polar surface area (TPSA) is 74.0 Å². The molecule has 0 saturated heterocycles. The summed E-state index contributed by atoms with van der Waals surface area (Å²) in [6.45, 7) is 11.4. The lowest BCUT2D eigenvalue weighted by Gasteiger charge is -2.09. The first-order chi connectivity index (χ1) is 14.6. The van der Waals surface area contributed by atoms with E-state index in [9.17, 15) is 13.2 Å². The molecule has 0 radical (unpaired) electrons. The molecular weight excluding hydrogens is 477 g/mol. The van der Waals surface area contributed by atoms with E-state index >= 15 is 0 Å². The SMILES string of the molecule is Cc1ccc(-c2sn[n+](C[Si](C)(C)C)c2-c2ccc(C)cc2)cc1.O=S(=O)([O-])C(F)(F)F. The van der Waals surface area contributed by atoms with Gasteiger partial charge in [-0.05, 0) is 26.0 Å². The number of nitrogens with zero attached hydrogens (tertiary/aromatic N) is 2. The molecule has 0 amide bonds. The number of alkyl halides is 3. The van der Waals surface area contributed by atoms with Crippen LogP contribution in [0.5, 0.6) is 0 Å². The first kappa shape index (κ1) is 26.2. The van der Waals surface area contributed by atoms with Gasteiger partial charge in [-0.15, -0.1) is 0 Å². The predicted molar refractivity (Wildman–Crippen MR) is 122 cm³/mol. The normalized spacial score (nSPS) is 12.3. The lowest BCUT2D eigenvalue weighted by molar-refractivity contribution is -0.721. The minimum Gasteiger partial charge on any atom is -0.741 e. The quantitative estimate of drug-likeness (QED) is 0.210. The smallest absolute Gasteiger partial charge is 0.485 e. The van der Waals surface area contributed by atoms with Gasteiger partial charge >= 0.3 is 5.51 Å². The van der Waals surface area contributed by atoms with Crippen molar-refractivity contribution in [3.05, 3.63) is 59.7 Å². The summed E-state index contributed by atoms with van der Waals surface area (Å²) in [6.07, 6.45) is 1.04. The summed E-state index contributed by atoms with van der Waals surface area (Å²) < 4.78 is 65.9. The van der Waals surface area contributed by atoms with Crippen molar-refractivity contribution in [2.45, 2.75) is 45.2 Å². The van der Waals surface area contributed by atoms with Crippen molar-refractivity contribution in [2.24, 2.45) is 0 Å². The maximum atomic E-state index is 10.7. The lowest BCUT2D eigenvalue weighted by Crippen LogP contribution is -2.48. The molecule has 0 fully saturated rings. The Hall–Kier alpha value is -2.08. The van der Waals surface area contributed by atoms with E-state index in [1.54, 1.807) is 11.5 Å². The molecule has 0 spiro atoms. The highest BCUT2D eigenvalue weighted by molar-refractivity contribution is 7.86. The van der Waals surface area contributed by atoms with Crippen molar-refractivity contribution in [1.82, 2.24) is 4.49 Å². The molecule has 0 bridgehead atoms. The Morgan fingerprint density at radius 3 is 1.72 bits per heavy atom. The Bertz CT molecular complexity index is 1150. The molecule has 0 N–H and O–H groups in total. The lowest BCUT2D eigenvalue weighted by atomic mass is 10.0. The van der Waals surface area contributed by atoms with Gasteiger partial charge in [0.25, 0.3) is 5.69 Å². The second-order valence-electron chi connectivity index (χ2n) is 8.60. The Balaban J connectivity index is 0.000000390. The summed E-state index contributed by atoms with van der Waals surface area (Å²) >= 11 is 1.61. The fourth-order valence-electron chi connectivity index (χ4n) is 2.73. The van der Waals surface area contributed by atoms with Crippen LogP contribution in [0.4, 0.5) is 13.2 Å². The Labute approximate surface area is 191 Å². The van der Waals surface area contributed by atoms with Gasteiger partial charge in [0.15, 0.2) is 16.3 Å². The Morgan fingerprint density at radius 2 is 1.34 bits per heavy atom. The van der Waals surface area contributed by atoms with Crippen LogP contribution >= 0.6 is 11.5 Å². The molecule has 3 rings (SSSR count). The molecule has 0 aliphatic carbocycles. The Morgan fingerprint density at radius 1 is 0.938 bits per heavy atom. The van der Waals surface area contributed by atoms with Crippen LogP contribution in [0.3, 0.4) is 0 Å². The zero-order valence-electron chi connectivity index (χ0n) is 18.4. The summed E-state index contributed by atoms with van der Waals surface area (Å²) in [4.78, 5) is 1.26. The maximum absolute atomic E-state index is 10.7. The maximum Gasteiger partial charge on any atom is 0.485 e. The number of hydrogen-bond donors (Lipinski definition) is 0. The van der Waals surface area contributed by atoms with Crippen LogP contribution < -0.4 is 4.68 Å². The summed E-state index contributed by atoms with van der Waals surface area (Å²) in [5, 5.41) is 0. The van der Waals surface area contributed by atoms with Crippen LogP contribution in [0.25, 0.3) is 21.7 Å². The first-order valence-electron chi connectivity index (χ1n) is 9.64. The van der Waals surface area contributed by atoms with E-state index in [1.807, 2.05) is 0 Å². The molecule has 32 heavy (non-hydrogen) atoms. The molecule has 0 unspecified atom stereocenters. The van der Waals surface area contributed by atoms with Crippen LogP contribution in [-0.4, -0.2) is 31.0 Å². The number of halogens is 3. The van der Waals surface area contributed by atoms with Crippen molar-refractivity contribution in [2.75, 3.05) is 0 Å². The third kappa shape index (κ3) is 7.22. The largest absolute Gasteiger partial charge is 0.741 e. The molecule has 1 heterocycles. The highest BCUT2D eigenvalue weighted by Gasteiger charge is 2.37. The molecule has 0 atom stereocenters. The van der Waals surface area contributed by atoms with Crippen LogP contribution in [0, 0.1) is 13.8 Å². The third-order valence-electron chi connectivity index (χ3n) is 4.25. The fraction of sp³-hybridized carbons (Fsp3) is 0.333. The van der Waals surface area contributed by atoms with Crippen LogP contribution in [0.15, 0.2) is 48.5 Å². The molecule has 0 saturated carbocycles. The van der Waals surface area contributed by atoms with Crippen LogP contribution in [0.2, 0.25) is 19.6 Å². The molecule has 3 aromatic rings. The van der Waals surface area contributed by atoms with Gasteiger partial charge < -0.3 is 4.55 Å². The van der Waals surface area contributed by atoms with Crippen LogP contribution in [0.1, 0.15) is 11.1 Å². The van der Waals surface area contributed by atoms with E-state index in [-0.39, 0.29) is 0 Å². The second kappa shape index (κ2) is 9.82. The van der Waals surface area contributed by atoms with Crippen molar-refractivity contribution in [1.29, 1.82) is 0 Å². The number of aromatic nitrogens is 2. The van der Waals surface area contributed by atoms with Gasteiger partial charge in [0.1, 0.15) is 13.0 Å². The summed E-state index contributed by atoms with van der Waals surface area (Å²) in [5.74, 6) is 0. The van der Waals surface area contributed by atoms with E-state index in [4.69, 9.17) is 17.5 Å². The van der Waals surface area contributed by atoms with E-state index in [1.165, 1.54) is 32.8 Å². The predicted octanol–water partition coefficient (Wildman–Crippen LogP) is 5.31. The molecule has 5 nitrogen and oxygen atoms in total. The summed E-state index contributed by atoms with van der Waals surface area (Å²) in [7, 11) is -7.35. The molecule has 174 valence electrons. The molecular formula is C21H25F3N2O3S2Si. The second-order valence-corrected chi connectivity index (χ2v) is 16.2. The standard InChI is InChI=1S/C20H25N2SSi.CHF3O3S/c1-15-6-10-17(11-7-15)19-20(18-12-8-16(2)9-13-18)23-21-22(19)14-24(3,4)5;2-1(3,4)8(5,6)7/h6-13H,14H2,1-5H3;(H,5,6,7)/q+1;/p-1. The molecule has 0 aliphatic rings. The average Bonchev–Trinajstić information content (AvgIpc) is 3.03. The number of aryl methyl sites for hydroxylation is 2. The van der Waals surface area contributed by atoms with Crippen molar-refractivity contribution >= 4 is 29.7 Å². The minimum absolute atomic E-state index is 1.04.